The van der Waals surface area contributed by atoms with E-state index in [0.29, 0.717) is 7.11 Å². The Labute approximate surface area is 105 Å². The zero-order valence-corrected chi connectivity index (χ0v) is 9.60. The summed E-state index contributed by atoms with van der Waals surface area (Å²) in [6.07, 6.45) is 0. The van der Waals surface area contributed by atoms with Crippen LogP contribution in [-0.2, 0) is 4.84 Å². The number of nitrogens with zero attached hydrogens (tertiary/aromatic N) is 1. The second-order valence-electron chi connectivity index (χ2n) is 2.90. The molecule has 108 valence electrons. The molecule has 11 heteroatoms. The fourth-order valence-corrected chi connectivity index (χ4v) is 1.54. The van der Waals surface area contributed by atoms with Crippen molar-refractivity contribution in [2.75, 3.05) is 11.6 Å². The van der Waals surface area contributed by atoms with Gasteiger partial charge in [-0.15, -0.1) is 0 Å². The van der Waals surface area contributed by atoms with Crippen LogP contribution in [0.15, 0.2) is 0 Å². The lowest BCUT2D eigenvalue weighted by Gasteiger charge is -2.22. The van der Waals surface area contributed by atoms with E-state index in [1.54, 1.807) is 0 Å². The minimum absolute atomic E-state index is 0.559. The molecule has 1 aromatic carbocycles. The molecule has 0 radical (unpaired) electrons. The predicted molar refractivity (Wildman–Crippen MR) is 49.4 cm³/mol. The fourth-order valence-electron chi connectivity index (χ4n) is 1.02. The summed E-state index contributed by atoms with van der Waals surface area (Å²) in [5.74, 6) is -12.1. The predicted octanol–water partition coefficient (Wildman–Crippen LogP) is 3.92. The van der Waals surface area contributed by atoms with E-state index < -0.39 is 56.7 Å². The van der Waals surface area contributed by atoms with Crippen LogP contribution >= 0.6 is 11.9 Å². The Morgan fingerprint density at radius 3 is 1.53 bits per heavy atom. The van der Waals surface area contributed by atoms with Crippen LogP contribution in [-0.4, -0.2) is 12.6 Å². The Morgan fingerprint density at radius 1 is 0.842 bits per heavy atom. The zero-order chi connectivity index (χ0) is 15.0. The molecular weight excluding hydrogens is 310 g/mol. The van der Waals surface area contributed by atoms with Crippen LogP contribution in [0, 0.1) is 29.1 Å². The summed E-state index contributed by atoms with van der Waals surface area (Å²) in [5, 5.41) is 0. The molecule has 0 heterocycles. The number of hydrogen-bond acceptors (Lipinski definition) is 3. The van der Waals surface area contributed by atoms with E-state index in [1.165, 1.54) is 0 Å². The molecule has 1 rings (SSSR count). The van der Waals surface area contributed by atoms with Crippen molar-refractivity contribution in [3.8, 4) is 0 Å². The van der Waals surface area contributed by atoms with Gasteiger partial charge in [0.05, 0.1) is 19.1 Å². The maximum absolute atomic E-state index is 13.2. The maximum Gasteiger partial charge on any atom is 0.463 e. The third-order valence-corrected chi connectivity index (χ3v) is 2.43. The highest BCUT2D eigenvalue weighted by Crippen LogP contribution is 2.40. The van der Waals surface area contributed by atoms with Crippen molar-refractivity contribution >= 4 is 17.6 Å². The summed E-state index contributed by atoms with van der Waals surface area (Å²) in [5.41, 5.74) is -6.91. The maximum atomic E-state index is 13.2. The molecule has 0 N–H and O–H groups in total. The van der Waals surface area contributed by atoms with E-state index in [4.69, 9.17) is 0 Å². The van der Waals surface area contributed by atoms with E-state index in [0.717, 1.165) is 0 Å². The SMILES string of the molecule is CON(SC(F)(F)F)c1c(F)c(F)c(F)c(F)c1F. The second kappa shape index (κ2) is 5.41. The van der Waals surface area contributed by atoms with Crippen molar-refractivity contribution in [3.63, 3.8) is 0 Å². The first-order valence-electron chi connectivity index (χ1n) is 4.21. The first-order valence-corrected chi connectivity index (χ1v) is 4.99. The van der Waals surface area contributed by atoms with Gasteiger partial charge in [0.15, 0.2) is 29.0 Å². The number of alkyl halides is 3. The molecule has 0 saturated carbocycles. The molecule has 0 aliphatic carbocycles. The van der Waals surface area contributed by atoms with Gasteiger partial charge in [-0.1, -0.05) is 0 Å². The van der Waals surface area contributed by atoms with Crippen LogP contribution in [0.1, 0.15) is 0 Å². The average Bonchev–Trinajstić information content (AvgIpc) is 2.31. The van der Waals surface area contributed by atoms with Crippen molar-refractivity contribution in [1.29, 1.82) is 0 Å². The highest BCUT2D eigenvalue weighted by molar-refractivity contribution is 8.01. The van der Waals surface area contributed by atoms with Crippen molar-refractivity contribution in [1.82, 2.24) is 0 Å². The van der Waals surface area contributed by atoms with Crippen molar-refractivity contribution in [2.45, 2.75) is 5.51 Å². The first kappa shape index (κ1) is 15.8. The summed E-state index contributed by atoms with van der Waals surface area (Å²) in [6.45, 7) is 0. The van der Waals surface area contributed by atoms with Gasteiger partial charge in [-0.05, 0) is 0 Å². The minimum atomic E-state index is -5.06. The van der Waals surface area contributed by atoms with Crippen LogP contribution in [0.2, 0.25) is 0 Å². The van der Waals surface area contributed by atoms with Crippen molar-refractivity contribution in [2.24, 2.45) is 0 Å². The third kappa shape index (κ3) is 3.21. The number of anilines is 1. The van der Waals surface area contributed by atoms with Gasteiger partial charge in [0.1, 0.15) is 0 Å². The molecular formula is C8H3F8NOS. The Morgan fingerprint density at radius 2 is 1.21 bits per heavy atom. The van der Waals surface area contributed by atoms with Gasteiger partial charge in [-0.2, -0.15) is 17.6 Å². The Kier molecular flexibility index (Phi) is 4.50. The van der Waals surface area contributed by atoms with E-state index >= 15 is 0 Å². The van der Waals surface area contributed by atoms with Crippen LogP contribution in [0.25, 0.3) is 0 Å². The van der Waals surface area contributed by atoms with E-state index in [-0.39, 0.29) is 0 Å². The van der Waals surface area contributed by atoms with Crippen molar-refractivity contribution in [3.05, 3.63) is 29.1 Å². The fraction of sp³-hybridized carbons (Fsp3) is 0.250. The third-order valence-electron chi connectivity index (χ3n) is 1.72. The minimum Gasteiger partial charge on any atom is -0.265 e. The summed E-state index contributed by atoms with van der Waals surface area (Å²) in [4.78, 5) is 3.96. The van der Waals surface area contributed by atoms with Gasteiger partial charge in [0, 0.05) is 0 Å². The van der Waals surface area contributed by atoms with Crippen molar-refractivity contribution < 1.29 is 40.0 Å². The summed E-state index contributed by atoms with van der Waals surface area (Å²) in [6, 6.07) is 0. The smallest absolute Gasteiger partial charge is 0.265 e. The number of benzene rings is 1. The number of hydrogen-bond donors (Lipinski definition) is 0. The lowest BCUT2D eigenvalue weighted by Crippen LogP contribution is -2.23. The molecule has 0 amide bonds. The molecule has 0 bridgehead atoms. The molecule has 0 saturated heterocycles. The van der Waals surface area contributed by atoms with Crippen LogP contribution in [0.4, 0.5) is 40.8 Å². The molecule has 0 unspecified atom stereocenters. The standard InChI is InChI=1S/C8H3F8NOS/c1-18-17(19-8(14,15)16)7-5(12)3(10)2(9)4(11)6(7)13/h1H3. The van der Waals surface area contributed by atoms with Gasteiger partial charge in [0.25, 0.3) is 0 Å². The summed E-state index contributed by atoms with van der Waals surface area (Å²) >= 11 is -1.22. The number of halogens is 8. The van der Waals surface area contributed by atoms with E-state index in [1.807, 2.05) is 0 Å². The highest BCUT2D eigenvalue weighted by atomic mass is 32.2. The second-order valence-corrected chi connectivity index (χ2v) is 3.87. The summed E-state index contributed by atoms with van der Waals surface area (Å²) in [7, 11) is 0.566. The van der Waals surface area contributed by atoms with Gasteiger partial charge < -0.3 is 0 Å². The molecule has 2 nitrogen and oxygen atoms in total. The molecule has 0 atom stereocenters. The molecule has 1 aromatic rings. The Bertz CT molecular complexity index is 462. The topological polar surface area (TPSA) is 12.5 Å². The van der Waals surface area contributed by atoms with Gasteiger partial charge in [0.2, 0.25) is 5.82 Å². The lowest BCUT2D eigenvalue weighted by molar-refractivity contribution is -0.0349. The molecule has 0 spiro atoms. The molecule has 0 aliphatic rings. The summed E-state index contributed by atoms with van der Waals surface area (Å²) < 4.78 is 100. The number of rotatable bonds is 3. The highest BCUT2D eigenvalue weighted by Gasteiger charge is 2.38. The Hall–Kier alpha value is -1.23. The molecule has 19 heavy (non-hydrogen) atoms. The lowest BCUT2D eigenvalue weighted by atomic mass is 10.2. The van der Waals surface area contributed by atoms with E-state index in [2.05, 4.69) is 4.84 Å². The first-order chi connectivity index (χ1) is 8.60. The van der Waals surface area contributed by atoms with Gasteiger partial charge in [-0.3, -0.25) is 4.84 Å². The monoisotopic (exact) mass is 313 g/mol. The van der Waals surface area contributed by atoms with Crippen LogP contribution in [0.5, 0.6) is 0 Å². The zero-order valence-electron chi connectivity index (χ0n) is 8.79. The van der Waals surface area contributed by atoms with Gasteiger partial charge >= 0.3 is 5.51 Å². The largest absolute Gasteiger partial charge is 0.463 e. The van der Waals surface area contributed by atoms with Crippen LogP contribution < -0.4 is 4.47 Å². The average molecular weight is 313 g/mol. The quantitative estimate of drug-likeness (QED) is 0.276. The van der Waals surface area contributed by atoms with Gasteiger partial charge in [-0.25, -0.2) is 22.0 Å². The molecule has 0 aromatic heterocycles. The van der Waals surface area contributed by atoms with Crippen LogP contribution in [0.3, 0.4) is 0 Å². The van der Waals surface area contributed by atoms with E-state index in [9.17, 15) is 35.1 Å². The molecule has 0 aliphatic heterocycles. The Balaban J connectivity index is 3.40. The normalized spacial score (nSPS) is 11.8. The molecule has 0 fully saturated rings.